The molecule has 0 bridgehead atoms. The normalized spacial score (nSPS) is 16.4. The molecule has 0 aliphatic heterocycles. The highest BCUT2D eigenvalue weighted by Gasteiger charge is 2.35. The maximum absolute atomic E-state index is 5.71. The van der Waals surface area contributed by atoms with Crippen LogP contribution in [0.4, 0.5) is 11.6 Å². The zero-order valence-electron chi connectivity index (χ0n) is 12.9. The van der Waals surface area contributed by atoms with Gasteiger partial charge in [0.2, 0.25) is 0 Å². The highest BCUT2D eigenvalue weighted by Crippen LogP contribution is 2.41. The molecule has 3 N–H and O–H groups in total. The standard InChI is InChI=1S/C17H22N4O/c1-22-14-6-4-13(5-7-14)17(8-2-3-9-17)11-19-16-10-15(18)20-12-21-16/h4-7,10,12H,2-3,8-9,11H2,1H3,(H3,18,19,20,21). The van der Waals surface area contributed by atoms with Gasteiger partial charge in [-0.15, -0.1) is 0 Å². The van der Waals surface area contributed by atoms with E-state index in [1.807, 2.05) is 12.1 Å². The van der Waals surface area contributed by atoms with Gasteiger partial charge in [-0.1, -0.05) is 25.0 Å². The number of nitrogen functional groups attached to an aromatic ring is 1. The van der Waals surface area contributed by atoms with Crippen molar-refractivity contribution in [1.29, 1.82) is 0 Å². The molecule has 5 heteroatoms. The molecular weight excluding hydrogens is 276 g/mol. The summed E-state index contributed by atoms with van der Waals surface area (Å²) >= 11 is 0. The van der Waals surface area contributed by atoms with E-state index in [4.69, 9.17) is 10.5 Å². The fraction of sp³-hybridized carbons (Fsp3) is 0.412. The van der Waals surface area contributed by atoms with Crippen LogP contribution in [0.2, 0.25) is 0 Å². The molecule has 0 saturated heterocycles. The van der Waals surface area contributed by atoms with Gasteiger partial charge in [-0.05, 0) is 30.5 Å². The van der Waals surface area contributed by atoms with Gasteiger partial charge in [-0.3, -0.25) is 0 Å². The quantitative estimate of drug-likeness (QED) is 0.887. The molecule has 116 valence electrons. The predicted octanol–water partition coefficient (Wildman–Crippen LogP) is 2.99. The van der Waals surface area contributed by atoms with E-state index >= 15 is 0 Å². The summed E-state index contributed by atoms with van der Waals surface area (Å²) in [6.45, 7) is 0.857. The van der Waals surface area contributed by atoms with Gasteiger partial charge in [-0.2, -0.15) is 0 Å². The van der Waals surface area contributed by atoms with E-state index in [1.54, 1.807) is 13.2 Å². The van der Waals surface area contributed by atoms with Crippen molar-refractivity contribution in [3.8, 4) is 5.75 Å². The summed E-state index contributed by atoms with van der Waals surface area (Å²) in [5, 5.41) is 3.43. The second-order valence-electron chi connectivity index (χ2n) is 5.90. The first kappa shape index (κ1) is 14.6. The average Bonchev–Trinajstić information content (AvgIpc) is 3.03. The third-order valence-electron chi connectivity index (χ3n) is 4.56. The summed E-state index contributed by atoms with van der Waals surface area (Å²) in [7, 11) is 1.70. The lowest BCUT2D eigenvalue weighted by molar-refractivity contribution is 0.413. The highest BCUT2D eigenvalue weighted by molar-refractivity contribution is 5.44. The van der Waals surface area contributed by atoms with Crippen molar-refractivity contribution in [1.82, 2.24) is 9.97 Å². The maximum Gasteiger partial charge on any atom is 0.131 e. The summed E-state index contributed by atoms with van der Waals surface area (Å²) in [5.74, 6) is 2.17. The second-order valence-corrected chi connectivity index (χ2v) is 5.90. The zero-order valence-corrected chi connectivity index (χ0v) is 12.9. The van der Waals surface area contributed by atoms with E-state index in [2.05, 4.69) is 27.4 Å². The molecule has 1 aromatic heterocycles. The van der Waals surface area contributed by atoms with Crippen molar-refractivity contribution in [3.05, 3.63) is 42.2 Å². The van der Waals surface area contributed by atoms with E-state index in [9.17, 15) is 0 Å². The number of ether oxygens (including phenoxy) is 1. The van der Waals surface area contributed by atoms with Crippen molar-refractivity contribution in [2.75, 3.05) is 24.7 Å². The van der Waals surface area contributed by atoms with E-state index < -0.39 is 0 Å². The average molecular weight is 298 g/mol. The van der Waals surface area contributed by atoms with Gasteiger partial charge in [0.15, 0.2) is 0 Å². The van der Waals surface area contributed by atoms with Gasteiger partial charge in [0.1, 0.15) is 23.7 Å². The van der Waals surface area contributed by atoms with E-state index in [0.717, 1.165) is 18.1 Å². The number of nitrogens with zero attached hydrogens (tertiary/aromatic N) is 2. The van der Waals surface area contributed by atoms with Gasteiger partial charge in [0, 0.05) is 18.0 Å². The molecule has 0 unspecified atom stereocenters. The number of anilines is 2. The minimum atomic E-state index is 0.159. The maximum atomic E-state index is 5.71. The minimum Gasteiger partial charge on any atom is -0.497 e. The van der Waals surface area contributed by atoms with Gasteiger partial charge < -0.3 is 15.8 Å². The van der Waals surface area contributed by atoms with Crippen LogP contribution in [-0.2, 0) is 5.41 Å². The van der Waals surface area contributed by atoms with Crippen LogP contribution < -0.4 is 15.8 Å². The molecule has 1 fully saturated rings. The summed E-state index contributed by atoms with van der Waals surface area (Å²) in [6.07, 6.45) is 6.39. The monoisotopic (exact) mass is 298 g/mol. The Kier molecular flexibility index (Phi) is 4.13. The molecule has 1 aliphatic rings. The lowest BCUT2D eigenvalue weighted by atomic mass is 9.79. The lowest BCUT2D eigenvalue weighted by Crippen LogP contribution is -2.31. The van der Waals surface area contributed by atoms with E-state index in [-0.39, 0.29) is 5.41 Å². The summed E-state index contributed by atoms with van der Waals surface area (Å²) in [5.41, 5.74) is 7.23. The zero-order chi connectivity index (χ0) is 15.4. The molecule has 22 heavy (non-hydrogen) atoms. The Labute approximate surface area is 130 Å². The smallest absolute Gasteiger partial charge is 0.131 e. The number of hydrogen-bond donors (Lipinski definition) is 2. The van der Waals surface area contributed by atoms with Gasteiger partial charge in [0.25, 0.3) is 0 Å². The number of aromatic nitrogens is 2. The molecular formula is C17H22N4O. The molecule has 0 radical (unpaired) electrons. The summed E-state index contributed by atoms with van der Waals surface area (Å²) in [6, 6.07) is 10.2. The fourth-order valence-corrected chi connectivity index (χ4v) is 3.29. The Morgan fingerprint density at radius 1 is 1.18 bits per heavy atom. The van der Waals surface area contributed by atoms with Gasteiger partial charge >= 0.3 is 0 Å². The van der Waals surface area contributed by atoms with Crippen molar-refractivity contribution in [2.45, 2.75) is 31.1 Å². The van der Waals surface area contributed by atoms with Crippen LogP contribution >= 0.6 is 0 Å². The minimum absolute atomic E-state index is 0.159. The number of nitrogens with two attached hydrogens (primary N) is 1. The predicted molar refractivity (Wildman–Crippen MR) is 88.1 cm³/mol. The third-order valence-corrected chi connectivity index (χ3v) is 4.56. The molecule has 2 aromatic rings. The number of hydrogen-bond acceptors (Lipinski definition) is 5. The number of methoxy groups -OCH3 is 1. The largest absolute Gasteiger partial charge is 0.497 e. The van der Waals surface area contributed by atoms with Crippen molar-refractivity contribution in [2.24, 2.45) is 0 Å². The molecule has 0 atom stereocenters. The molecule has 3 rings (SSSR count). The fourth-order valence-electron chi connectivity index (χ4n) is 3.29. The van der Waals surface area contributed by atoms with E-state index in [0.29, 0.717) is 5.82 Å². The van der Waals surface area contributed by atoms with Crippen LogP contribution in [0.15, 0.2) is 36.7 Å². The molecule has 5 nitrogen and oxygen atoms in total. The summed E-state index contributed by atoms with van der Waals surface area (Å²) in [4.78, 5) is 8.16. The second kappa shape index (κ2) is 6.22. The summed E-state index contributed by atoms with van der Waals surface area (Å²) < 4.78 is 5.26. The Morgan fingerprint density at radius 2 is 1.91 bits per heavy atom. The molecule has 0 spiro atoms. The Balaban J connectivity index is 1.79. The topological polar surface area (TPSA) is 73.1 Å². The molecule has 1 saturated carbocycles. The Hall–Kier alpha value is -2.30. The van der Waals surface area contributed by atoms with Crippen molar-refractivity contribution in [3.63, 3.8) is 0 Å². The van der Waals surface area contributed by atoms with Crippen LogP contribution in [0.5, 0.6) is 5.75 Å². The first-order chi connectivity index (χ1) is 10.7. The molecule has 0 amide bonds. The Morgan fingerprint density at radius 3 is 2.55 bits per heavy atom. The lowest BCUT2D eigenvalue weighted by Gasteiger charge is -2.30. The molecule has 1 heterocycles. The number of benzene rings is 1. The van der Waals surface area contributed by atoms with Crippen molar-refractivity contribution >= 4 is 11.6 Å². The van der Waals surface area contributed by atoms with Crippen LogP contribution in [0.1, 0.15) is 31.2 Å². The van der Waals surface area contributed by atoms with Crippen LogP contribution in [0.3, 0.4) is 0 Å². The van der Waals surface area contributed by atoms with Crippen LogP contribution in [0, 0.1) is 0 Å². The van der Waals surface area contributed by atoms with Gasteiger partial charge in [0.05, 0.1) is 7.11 Å². The molecule has 1 aromatic carbocycles. The van der Waals surface area contributed by atoms with Gasteiger partial charge in [-0.25, -0.2) is 9.97 Å². The van der Waals surface area contributed by atoms with E-state index in [1.165, 1.54) is 37.6 Å². The Bertz CT molecular complexity index is 621. The highest BCUT2D eigenvalue weighted by atomic mass is 16.5. The van der Waals surface area contributed by atoms with Crippen LogP contribution in [-0.4, -0.2) is 23.6 Å². The number of nitrogens with one attached hydrogen (secondary N) is 1. The first-order valence-electron chi connectivity index (χ1n) is 7.68. The third kappa shape index (κ3) is 2.98. The van der Waals surface area contributed by atoms with Crippen molar-refractivity contribution < 1.29 is 4.74 Å². The SMILES string of the molecule is COc1ccc(C2(CNc3cc(N)ncn3)CCCC2)cc1. The molecule has 1 aliphatic carbocycles. The van der Waals surface area contributed by atoms with Crippen LogP contribution in [0.25, 0.3) is 0 Å². The first-order valence-corrected chi connectivity index (χ1v) is 7.68. The number of rotatable bonds is 5.